The van der Waals surface area contributed by atoms with E-state index in [1.165, 1.54) is 0 Å². The fraction of sp³-hybridized carbons (Fsp3) is 0. The molecule has 0 spiro atoms. The van der Waals surface area contributed by atoms with E-state index in [1.54, 1.807) is 23.6 Å². The number of phenolic OH excluding ortho intramolecular Hbond substituents is 1. The maximum Gasteiger partial charge on any atom is 0.124 e. The van der Waals surface area contributed by atoms with Crippen molar-refractivity contribution in [2.24, 2.45) is 0 Å². The Morgan fingerprint density at radius 2 is 1.94 bits per heavy atom. The molecule has 3 rings (SSSR count). The number of thiophene rings is 1. The molecule has 0 unspecified atom stereocenters. The average Bonchev–Trinajstić information content (AvgIpc) is 3.00. The molecule has 1 N–H and O–H groups in total. The average molecular weight is 242 g/mol. The van der Waals surface area contributed by atoms with Crippen molar-refractivity contribution in [3.63, 3.8) is 0 Å². The Hall–Kier alpha value is -2.07. The molecule has 3 aromatic rings. The summed E-state index contributed by atoms with van der Waals surface area (Å²) >= 11 is 1.60. The van der Waals surface area contributed by atoms with Gasteiger partial charge >= 0.3 is 0 Å². The van der Waals surface area contributed by atoms with E-state index in [2.05, 4.69) is 5.10 Å². The van der Waals surface area contributed by atoms with E-state index < -0.39 is 0 Å². The number of para-hydroxylation sites is 1. The summed E-state index contributed by atoms with van der Waals surface area (Å²) < 4.78 is 1.81. The van der Waals surface area contributed by atoms with Crippen LogP contribution in [-0.4, -0.2) is 14.9 Å². The van der Waals surface area contributed by atoms with Gasteiger partial charge in [0.2, 0.25) is 0 Å². The monoisotopic (exact) mass is 242 g/mol. The van der Waals surface area contributed by atoms with E-state index in [9.17, 15) is 5.11 Å². The Labute approximate surface area is 103 Å². The van der Waals surface area contributed by atoms with Gasteiger partial charge in [-0.05, 0) is 30.3 Å². The van der Waals surface area contributed by atoms with E-state index in [0.717, 1.165) is 15.4 Å². The maximum absolute atomic E-state index is 9.79. The first-order valence-electron chi connectivity index (χ1n) is 5.23. The standard InChI is InChI=1S/C13H10N2OS/c16-11-5-2-1-4-10(11)12-6-7-13(17-12)15-9-3-8-14-15/h1-9,16H. The van der Waals surface area contributed by atoms with Gasteiger partial charge in [0.05, 0.1) is 0 Å². The van der Waals surface area contributed by atoms with E-state index >= 15 is 0 Å². The summed E-state index contributed by atoms with van der Waals surface area (Å²) in [5.74, 6) is 0.307. The van der Waals surface area contributed by atoms with Crippen molar-refractivity contribution in [1.29, 1.82) is 0 Å². The summed E-state index contributed by atoms with van der Waals surface area (Å²) in [6, 6.07) is 13.2. The van der Waals surface area contributed by atoms with Crippen molar-refractivity contribution < 1.29 is 5.11 Å². The number of rotatable bonds is 2. The minimum atomic E-state index is 0.307. The number of nitrogens with zero attached hydrogens (tertiary/aromatic N) is 2. The maximum atomic E-state index is 9.79. The van der Waals surface area contributed by atoms with Crippen LogP contribution < -0.4 is 0 Å². The molecule has 0 saturated heterocycles. The van der Waals surface area contributed by atoms with Gasteiger partial charge < -0.3 is 5.11 Å². The van der Waals surface area contributed by atoms with Gasteiger partial charge in [-0.25, -0.2) is 4.68 Å². The molecule has 0 aliphatic heterocycles. The molecule has 0 saturated carbocycles. The highest BCUT2D eigenvalue weighted by Crippen LogP contribution is 2.35. The lowest BCUT2D eigenvalue weighted by molar-refractivity contribution is 0.477. The molecular weight excluding hydrogens is 232 g/mol. The first kappa shape index (κ1) is 10.1. The molecule has 2 aromatic heterocycles. The third-order valence-corrected chi connectivity index (χ3v) is 3.60. The molecule has 17 heavy (non-hydrogen) atoms. The Kier molecular flexibility index (Phi) is 2.42. The van der Waals surface area contributed by atoms with Crippen molar-refractivity contribution >= 4 is 11.3 Å². The van der Waals surface area contributed by atoms with Gasteiger partial charge in [-0.15, -0.1) is 11.3 Å². The first-order valence-corrected chi connectivity index (χ1v) is 6.04. The number of hydrogen-bond donors (Lipinski definition) is 1. The number of hydrogen-bond acceptors (Lipinski definition) is 3. The Morgan fingerprint density at radius 1 is 1.06 bits per heavy atom. The molecule has 1 aromatic carbocycles. The zero-order valence-corrected chi connectivity index (χ0v) is 9.76. The summed E-state index contributed by atoms with van der Waals surface area (Å²) in [6.45, 7) is 0. The Balaban J connectivity index is 2.04. The molecule has 0 amide bonds. The normalized spacial score (nSPS) is 10.6. The molecule has 0 aliphatic rings. The molecule has 0 bridgehead atoms. The number of benzene rings is 1. The van der Waals surface area contributed by atoms with E-state index in [4.69, 9.17) is 0 Å². The number of phenols is 1. The molecule has 0 radical (unpaired) electrons. The summed E-state index contributed by atoms with van der Waals surface area (Å²) in [6.07, 6.45) is 3.65. The smallest absolute Gasteiger partial charge is 0.124 e. The highest BCUT2D eigenvalue weighted by Gasteiger charge is 2.07. The van der Waals surface area contributed by atoms with E-state index in [1.807, 2.05) is 47.3 Å². The molecular formula is C13H10N2OS. The molecule has 3 nitrogen and oxygen atoms in total. The second-order valence-corrected chi connectivity index (χ2v) is 4.67. The third kappa shape index (κ3) is 1.83. The molecule has 0 fully saturated rings. The molecule has 0 atom stereocenters. The van der Waals surface area contributed by atoms with Crippen molar-refractivity contribution in [1.82, 2.24) is 9.78 Å². The molecule has 2 heterocycles. The van der Waals surface area contributed by atoms with Crippen LogP contribution in [0, 0.1) is 0 Å². The van der Waals surface area contributed by atoms with Gasteiger partial charge in [-0.1, -0.05) is 12.1 Å². The van der Waals surface area contributed by atoms with Crippen molar-refractivity contribution in [2.45, 2.75) is 0 Å². The lowest BCUT2D eigenvalue weighted by Gasteiger charge is -2.00. The topological polar surface area (TPSA) is 38.0 Å². The lowest BCUT2D eigenvalue weighted by atomic mass is 10.2. The zero-order valence-electron chi connectivity index (χ0n) is 8.95. The van der Waals surface area contributed by atoms with E-state index in [-0.39, 0.29) is 0 Å². The van der Waals surface area contributed by atoms with Crippen LogP contribution in [-0.2, 0) is 0 Å². The summed E-state index contributed by atoms with van der Waals surface area (Å²) in [7, 11) is 0. The lowest BCUT2D eigenvalue weighted by Crippen LogP contribution is -1.88. The fourth-order valence-corrected chi connectivity index (χ4v) is 2.66. The summed E-state index contributed by atoms with van der Waals surface area (Å²) in [5, 5.41) is 15.0. The summed E-state index contributed by atoms with van der Waals surface area (Å²) in [4.78, 5) is 1.04. The second kappa shape index (κ2) is 4.07. The Morgan fingerprint density at radius 3 is 2.71 bits per heavy atom. The Bertz CT molecular complexity index is 628. The predicted molar refractivity (Wildman–Crippen MR) is 68.5 cm³/mol. The first-order chi connectivity index (χ1) is 8.34. The third-order valence-electron chi connectivity index (χ3n) is 2.49. The van der Waals surface area contributed by atoms with Crippen LogP contribution >= 0.6 is 11.3 Å². The molecule has 0 aliphatic carbocycles. The number of aromatic hydroxyl groups is 1. The number of aromatic nitrogens is 2. The van der Waals surface area contributed by atoms with Crippen LogP contribution in [0.2, 0.25) is 0 Å². The van der Waals surface area contributed by atoms with Gasteiger partial charge in [-0.3, -0.25) is 0 Å². The van der Waals surface area contributed by atoms with Crippen LogP contribution in [0.15, 0.2) is 54.9 Å². The SMILES string of the molecule is Oc1ccccc1-c1ccc(-n2cccn2)s1. The van der Waals surface area contributed by atoms with Crippen LogP contribution in [0.1, 0.15) is 0 Å². The molecule has 84 valence electrons. The van der Waals surface area contributed by atoms with Gasteiger partial charge in [0.15, 0.2) is 0 Å². The second-order valence-electron chi connectivity index (χ2n) is 3.61. The van der Waals surface area contributed by atoms with Crippen molar-refractivity contribution in [3.05, 3.63) is 54.9 Å². The minimum absolute atomic E-state index is 0.307. The highest BCUT2D eigenvalue weighted by atomic mass is 32.1. The fourth-order valence-electron chi connectivity index (χ4n) is 1.68. The van der Waals surface area contributed by atoms with Crippen molar-refractivity contribution in [2.75, 3.05) is 0 Å². The van der Waals surface area contributed by atoms with Crippen molar-refractivity contribution in [3.8, 4) is 21.2 Å². The van der Waals surface area contributed by atoms with E-state index in [0.29, 0.717) is 5.75 Å². The van der Waals surface area contributed by atoms with Crippen LogP contribution in [0.3, 0.4) is 0 Å². The van der Waals surface area contributed by atoms with Gasteiger partial charge in [-0.2, -0.15) is 5.10 Å². The van der Waals surface area contributed by atoms with Gasteiger partial charge in [0.1, 0.15) is 10.8 Å². The summed E-state index contributed by atoms with van der Waals surface area (Å²) in [5.41, 5.74) is 0.857. The van der Waals surface area contributed by atoms with Crippen LogP contribution in [0.5, 0.6) is 5.75 Å². The van der Waals surface area contributed by atoms with Gasteiger partial charge in [0, 0.05) is 22.8 Å². The largest absolute Gasteiger partial charge is 0.507 e. The highest BCUT2D eigenvalue weighted by molar-refractivity contribution is 7.17. The van der Waals surface area contributed by atoms with Crippen LogP contribution in [0.25, 0.3) is 15.4 Å². The van der Waals surface area contributed by atoms with Crippen LogP contribution in [0.4, 0.5) is 0 Å². The minimum Gasteiger partial charge on any atom is -0.507 e. The van der Waals surface area contributed by atoms with Gasteiger partial charge in [0.25, 0.3) is 0 Å². The molecule has 4 heteroatoms. The quantitative estimate of drug-likeness (QED) is 0.748. The zero-order chi connectivity index (χ0) is 11.7. The predicted octanol–water partition coefficient (Wildman–Crippen LogP) is 3.31.